The Kier molecular flexibility index (Phi) is 4.98. The Morgan fingerprint density at radius 2 is 1.52 bits per heavy atom. The van der Waals surface area contributed by atoms with Gasteiger partial charge in [-0.15, -0.1) is 0 Å². The predicted octanol–water partition coefficient (Wildman–Crippen LogP) is 5.66. The third-order valence-electron chi connectivity index (χ3n) is 7.14. The van der Waals surface area contributed by atoms with Gasteiger partial charge < -0.3 is 14.8 Å². The van der Waals surface area contributed by atoms with Crippen molar-refractivity contribution < 1.29 is 19.1 Å². The van der Waals surface area contributed by atoms with Gasteiger partial charge in [0.2, 0.25) is 5.91 Å². The molecule has 3 fully saturated rings. The molecule has 2 aliphatic carbocycles. The summed E-state index contributed by atoms with van der Waals surface area (Å²) in [4.78, 5) is 25.4. The van der Waals surface area contributed by atoms with E-state index in [1.165, 1.54) is 0 Å². The molecule has 5 nitrogen and oxygen atoms in total. The van der Waals surface area contributed by atoms with E-state index in [4.69, 9.17) is 9.47 Å². The van der Waals surface area contributed by atoms with Crippen molar-refractivity contribution in [1.29, 1.82) is 0 Å². The fourth-order valence-electron chi connectivity index (χ4n) is 5.64. The molecule has 1 heterocycles. The first-order valence-electron chi connectivity index (χ1n) is 11.2. The zero-order valence-electron chi connectivity index (χ0n) is 17.7. The molecule has 1 aliphatic heterocycles. The average molecular weight is 504 g/mol. The third kappa shape index (κ3) is 3.53. The highest BCUT2D eigenvalue weighted by atomic mass is 79.9. The lowest BCUT2D eigenvalue weighted by Gasteiger charge is -2.27. The predicted molar refractivity (Wildman–Crippen MR) is 128 cm³/mol. The Morgan fingerprint density at radius 1 is 0.879 bits per heavy atom. The topological polar surface area (TPSA) is 64.6 Å². The van der Waals surface area contributed by atoms with Crippen molar-refractivity contribution in [1.82, 2.24) is 0 Å². The zero-order chi connectivity index (χ0) is 22.5. The van der Waals surface area contributed by atoms with Gasteiger partial charge in [-0.25, -0.2) is 0 Å². The number of rotatable bonds is 5. The lowest BCUT2D eigenvalue weighted by atomic mass is 9.79. The van der Waals surface area contributed by atoms with Crippen LogP contribution in [-0.4, -0.2) is 22.8 Å². The standard InChI is InChI=1S/C27H22BrNO4/c28-24-20-14-21-23(27(31)33-25(21)24)22(20)26(30)29-17-8-12-19(13-9-17)32-18-10-6-16(7-11-18)15-4-2-1-3-5-15/h1-13,20-25H,14H2,(H,29,30)/t20-,21-,22-,23+,24-,25+/m1/s1. The minimum atomic E-state index is -0.343. The van der Waals surface area contributed by atoms with E-state index in [0.29, 0.717) is 11.4 Å². The van der Waals surface area contributed by atoms with E-state index in [0.717, 1.165) is 23.3 Å². The Balaban J connectivity index is 1.11. The molecule has 0 aromatic heterocycles. The summed E-state index contributed by atoms with van der Waals surface area (Å²) >= 11 is 3.66. The quantitative estimate of drug-likeness (QED) is 0.360. The molecule has 3 aromatic carbocycles. The number of anilines is 1. The molecule has 166 valence electrons. The number of benzene rings is 3. The van der Waals surface area contributed by atoms with Gasteiger partial charge in [0.25, 0.3) is 0 Å². The van der Waals surface area contributed by atoms with E-state index in [1.807, 2.05) is 66.7 Å². The monoisotopic (exact) mass is 503 g/mol. The Bertz CT molecular complexity index is 1200. The van der Waals surface area contributed by atoms with Gasteiger partial charge in [-0.1, -0.05) is 58.4 Å². The minimum Gasteiger partial charge on any atom is -0.461 e. The number of ether oxygens (including phenoxy) is 2. The molecule has 6 atom stereocenters. The van der Waals surface area contributed by atoms with Crippen LogP contribution in [0.2, 0.25) is 0 Å². The van der Waals surface area contributed by atoms with E-state index in [1.54, 1.807) is 0 Å². The number of hydrogen-bond donors (Lipinski definition) is 1. The highest BCUT2D eigenvalue weighted by Crippen LogP contribution is 2.60. The van der Waals surface area contributed by atoms with E-state index in [2.05, 4.69) is 33.4 Å². The van der Waals surface area contributed by atoms with E-state index < -0.39 is 0 Å². The van der Waals surface area contributed by atoms with Crippen LogP contribution in [0.5, 0.6) is 11.5 Å². The maximum atomic E-state index is 13.0. The maximum Gasteiger partial charge on any atom is 0.310 e. The number of hydrogen-bond acceptors (Lipinski definition) is 4. The minimum absolute atomic E-state index is 0.0602. The second-order valence-electron chi connectivity index (χ2n) is 8.97. The smallest absolute Gasteiger partial charge is 0.310 e. The molecule has 1 saturated heterocycles. The number of halogens is 1. The Morgan fingerprint density at radius 3 is 2.21 bits per heavy atom. The first-order valence-corrected chi connectivity index (χ1v) is 12.1. The van der Waals surface area contributed by atoms with Gasteiger partial charge in [0.15, 0.2) is 0 Å². The van der Waals surface area contributed by atoms with Gasteiger partial charge in [0, 0.05) is 11.6 Å². The summed E-state index contributed by atoms with van der Waals surface area (Å²) in [6.45, 7) is 0. The largest absolute Gasteiger partial charge is 0.461 e. The van der Waals surface area contributed by atoms with Crippen molar-refractivity contribution in [2.24, 2.45) is 23.7 Å². The molecule has 33 heavy (non-hydrogen) atoms. The molecule has 0 radical (unpaired) electrons. The number of esters is 1. The molecule has 6 heteroatoms. The fourth-order valence-corrected chi connectivity index (χ4v) is 6.69. The summed E-state index contributed by atoms with van der Waals surface area (Å²) in [5, 5.41) is 2.99. The highest BCUT2D eigenvalue weighted by Gasteiger charge is 2.67. The van der Waals surface area contributed by atoms with Gasteiger partial charge in [0.1, 0.15) is 17.6 Å². The average Bonchev–Trinajstić information content (AvgIpc) is 3.46. The summed E-state index contributed by atoms with van der Waals surface area (Å²) in [5.41, 5.74) is 2.97. The third-order valence-corrected chi connectivity index (χ3v) is 8.34. The molecular weight excluding hydrogens is 482 g/mol. The summed E-state index contributed by atoms with van der Waals surface area (Å²) in [6.07, 6.45) is 0.792. The van der Waals surface area contributed by atoms with Crippen molar-refractivity contribution in [3.05, 3.63) is 78.9 Å². The van der Waals surface area contributed by atoms with E-state index >= 15 is 0 Å². The van der Waals surface area contributed by atoms with Crippen LogP contribution >= 0.6 is 15.9 Å². The summed E-state index contributed by atoms with van der Waals surface area (Å²) in [7, 11) is 0. The molecule has 6 rings (SSSR count). The van der Waals surface area contributed by atoms with Crippen LogP contribution < -0.4 is 10.1 Å². The second kappa shape index (κ2) is 8.03. The van der Waals surface area contributed by atoms with Crippen molar-refractivity contribution in [2.75, 3.05) is 5.32 Å². The van der Waals surface area contributed by atoms with Crippen LogP contribution in [0.1, 0.15) is 6.42 Å². The summed E-state index contributed by atoms with van der Waals surface area (Å²) < 4.78 is 11.5. The van der Waals surface area contributed by atoms with Gasteiger partial charge in [0.05, 0.1) is 16.7 Å². The van der Waals surface area contributed by atoms with Crippen LogP contribution in [0.15, 0.2) is 78.9 Å². The van der Waals surface area contributed by atoms with Crippen molar-refractivity contribution in [3.8, 4) is 22.6 Å². The van der Waals surface area contributed by atoms with Crippen molar-refractivity contribution in [2.45, 2.75) is 17.4 Å². The van der Waals surface area contributed by atoms with Gasteiger partial charge in [-0.2, -0.15) is 0 Å². The first kappa shape index (κ1) is 20.5. The second-order valence-corrected chi connectivity index (χ2v) is 10.0. The lowest BCUT2D eigenvalue weighted by Crippen LogP contribution is -2.40. The van der Waals surface area contributed by atoms with Crippen molar-refractivity contribution >= 4 is 33.5 Å². The number of alkyl halides is 1. The van der Waals surface area contributed by atoms with E-state index in [-0.39, 0.29) is 46.5 Å². The molecule has 1 N–H and O–H groups in total. The van der Waals surface area contributed by atoms with Gasteiger partial charge in [-0.05, 0) is 59.9 Å². The number of carbonyl (C=O) groups is 2. The van der Waals surface area contributed by atoms with E-state index in [9.17, 15) is 9.59 Å². The molecule has 0 spiro atoms. The zero-order valence-corrected chi connectivity index (χ0v) is 19.3. The molecule has 2 saturated carbocycles. The fraction of sp³-hybridized carbons (Fsp3) is 0.259. The van der Waals surface area contributed by atoms with Crippen LogP contribution in [0.3, 0.4) is 0 Å². The highest BCUT2D eigenvalue weighted by molar-refractivity contribution is 9.09. The van der Waals surface area contributed by atoms with Crippen LogP contribution in [0.25, 0.3) is 11.1 Å². The molecule has 3 aliphatic rings. The molecule has 0 unspecified atom stereocenters. The maximum absolute atomic E-state index is 13.0. The Hall–Kier alpha value is -3.12. The Labute approximate surface area is 200 Å². The van der Waals surface area contributed by atoms with Gasteiger partial charge >= 0.3 is 5.97 Å². The van der Waals surface area contributed by atoms with Crippen LogP contribution in [0.4, 0.5) is 5.69 Å². The molecule has 1 amide bonds. The number of fused-ring (bicyclic) bond motifs is 1. The SMILES string of the molecule is O=C(Nc1ccc(Oc2ccc(-c3ccccc3)cc2)cc1)[C@@H]1[C@H]2C[C@H]3[C@H](OC(=O)[C@@H]31)[C@@H]2Br. The normalized spacial score (nSPS) is 29.1. The summed E-state index contributed by atoms with van der Waals surface area (Å²) in [6, 6.07) is 25.4. The number of carbonyl (C=O) groups excluding carboxylic acids is 2. The molecule has 2 bridgehead atoms. The van der Waals surface area contributed by atoms with Crippen molar-refractivity contribution in [3.63, 3.8) is 0 Å². The summed E-state index contributed by atoms with van der Waals surface area (Å²) in [5.74, 6) is 0.731. The van der Waals surface area contributed by atoms with Crippen LogP contribution in [-0.2, 0) is 14.3 Å². The molecule has 3 aromatic rings. The number of amides is 1. The molecular formula is C27H22BrNO4. The first-order chi connectivity index (χ1) is 16.1. The number of nitrogens with one attached hydrogen (secondary N) is 1. The van der Waals surface area contributed by atoms with Crippen LogP contribution in [0, 0.1) is 23.7 Å². The lowest BCUT2D eigenvalue weighted by molar-refractivity contribution is -0.145. The van der Waals surface area contributed by atoms with Gasteiger partial charge in [-0.3, -0.25) is 9.59 Å².